The first-order valence-corrected chi connectivity index (χ1v) is 18.0. The zero-order valence-corrected chi connectivity index (χ0v) is 28.7. The molecule has 2 saturated heterocycles. The van der Waals surface area contributed by atoms with E-state index in [1.54, 1.807) is 13.8 Å². The molecule has 0 aromatic heterocycles. The molecule has 7 N–H and O–H groups in total. The zero-order valence-electron chi connectivity index (χ0n) is 28.7. The van der Waals surface area contributed by atoms with Crippen molar-refractivity contribution in [1.29, 1.82) is 0 Å². The van der Waals surface area contributed by atoms with Crippen LogP contribution in [0.2, 0.25) is 0 Å². The topological polar surface area (TPSA) is 169 Å². The minimum atomic E-state index is -1.46. The Kier molecular flexibility index (Phi) is 7.82. The molecule has 46 heavy (non-hydrogen) atoms. The van der Waals surface area contributed by atoms with Crippen LogP contribution in [0.25, 0.3) is 0 Å². The highest BCUT2D eigenvalue weighted by atomic mass is 16.7. The van der Waals surface area contributed by atoms with Gasteiger partial charge in [-0.05, 0) is 118 Å². The van der Waals surface area contributed by atoms with Crippen molar-refractivity contribution in [2.45, 2.75) is 166 Å². The van der Waals surface area contributed by atoms with Crippen molar-refractivity contribution in [3.05, 3.63) is 0 Å². The second-order valence-electron chi connectivity index (χ2n) is 18.4. The number of aliphatic hydroxyl groups excluding tert-OH is 6. The van der Waals surface area contributed by atoms with Crippen LogP contribution < -0.4 is 0 Å². The minimum absolute atomic E-state index is 0.0286. The summed E-state index contributed by atoms with van der Waals surface area (Å²) in [6.07, 6.45) is 1.45. The molecule has 2 unspecified atom stereocenters. The Labute approximate surface area is 273 Å². The molecule has 264 valence electrons. The van der Waals surface area contributed by atoms with E-state index in [0.29, 0.717) is 18.3 Å². The van der Waals surface area contributed by atoms with Gasteiger partial charge in [-0.15, -0.1) is 0 Å². The van der Waals surface area contributed by atoms with Gasteiger partial charge in [-0.25, -0.2) is 0 Å². The Balaban J connectivity index is 1.14. The van der Waals surface area contributed by atoms with Gasteiger partial charge in [0.2, 0.25) is 0 Å². The molecule has 7 fully saturated rings. The molecular formula is C36H60O10. The van der Waals surface area contributed by atoms with Gasteiger partial charge in [0.05, 0.1) is 36.1 Å². The summed E-state index contributed by atoms with van der Waals surface area (Å²) in [5.41, 5.74) is -2.22. The van der Waals surface area contributed by atoms with Gasteiger partial charge in [0.25, 0.3) is 0 Å². The lowest BCUT2D eigenvalue weighted by Gasteiger charge is -2.64. The molecule has 0 aromatic rings. The average Bonchev–Trinajstić information content (AvgIpc) is 3.34. The van der Waals surface area contributed by atoms with Crippen LogP contribution in [0.4, 0.5) is 0 Å². The van der Waals surface area contributed by atoms with Gasteiger partial charge in [-0.3, -0.25) is 0 Å². The van der Waals surface area contributed by atoms with E-state index in [0.717, 1.165) is 57.8 Å². The molecule has 0 radical (unpaired) electrons. The van der Waals surface area contributed by atoms with Gasteiger partial charge in [-0.1, -0.05) is 20.8 Å². The fourth-order valence-electron chi connectivity index (χ4n) is 13.7. The van der Waals surface area contributed by atoms with Crippen molar-refractivity contribution in [3.8, 4) is 0 Å². The summed E-state index contributed by atoms with van der Waals surface area (Å²) < 4.78 is 18.9. The fraction of sp³-hybridized carbons (Fsp3) is 1.00. The monoisotopic (exact) mass is 652 g/mol. The summed E-state index contributed by atoms with van der Waals surface area (Å²) in [6.45, 7) is 12.1. The van der Waals surface area contributed by atoms with Crippen LogP contribution >= 0.6 is 0 Å². The van der Waals surface area contributed by atoms with Crippen LogP contribution in [0.5, 0.6) is 0 Å². The van der Waals surface area contributed by atoms with Crippen LogP contribution in [0.1, 0.15) is 106 Å². The Morgan fingerprint density at radius 2 is 1.48 bits per heavy atom. The molecule has 10 nitrogen and oxygen atoms in total. The summed E-state index contributed by atoms with van der Waals surface area (Å²) in [4.78, 5) is 0. The largest absolute Gasteiger partial charge is 0.396 e. The maximum Gasteiger partial charge on any atom is 0.186 e. The van der Waals surface area contributed by atoms with Crippen LogP contribution in [-0.4, -0.2) is 109 Å². The third kappa shape index (κ3) is 4.24. The number of hydrogen-bond donors (Lipinski definition) is 7. The van der Waals surface area contributed by atoms with Gasteiger partial charge in [0.1, 0.15) is 24.4 Å². The number of aliphatic hydroxyl groups is 7. The molecule has 5 aliphatic carbocycles. The van der Waals surface area contributed by atoms with Crippen LogP contribution in [0, 0.1) is 44.8 Å². The number of rotatable bonds is 6. The van der Waals surface area contributed by atoms with Crippen LogP contribution in [0.3, 0.4) is 0 Å². The summed E-state index contributed by atoms with van der Waals surface area (Å²) in [7, 11) is 0. The normalized spacial score (nSPS) is 57.7. The Morgan fingerprint density at radius 1 is 0.804 bits per heavy atom. The lowest BCUT2D eigenvalue weighted by Crippen LogP contribution is -2.62. The number of hydrogen-bond acceptors (Lipinski definition) is 10. The van der Waals surface area contributed by atoms with E-state index in [1.807, 2.05) is 0 Å². The summed E-state index contributed by atoms with van der Waals surface area (Å²) in [6, 6.07) is 0. The number of fused-ring (bicyclic) bond motifs is 2. The highest BCUT2D eigenvalue weighted by molar-refractivity contribution is 5.32. The summed E-state index contributed by atoms with van der Waals surface area (Å²) >= 11 is 0. The van der Waals surface area contributed by atoms with Crippen molar-refractivity contribution in [2.24, 2.45) is 44.8 Å². The molecule has 2 spiro atoms. The first-order valence-electron chi connectivity index (χ1n) is 18.0. The van der Waals surface area contributed by atoms with E-state index in [2.05, 4.69) is 27.7 Å². The standard InChI is InChI=1S/C36H60O10/c1-30(2)21-7-8-22-32(5)15-19(39)28(33(6)11-9-24(46-33)31(3,4)43)36(32,18-38)14-13-35(22)17-34(21,35)12-10-23(30)45-29-27(42)26(41)25(40)20(16-37)44-29/h19-29,37-43H,7-18H2,1-6H3/t19-,20+,21-,22-,23-,24?,25+,26-,27+,28+,29-,32-,33?,34+,35-,36-/m0/s1. The third-order valence-electron chi connectivity index (χ3n) is 15.9. The molecule has 10 heteroatoms. The molecule has 0 bridgehead atoms. The predicted octanol–water partition coefficient (Wildman–Crippen LogP) is 2.26. The average molecular weight is 653 g/mol. The highest BCUT2D eigenvalue weighted by Crippen LogP contribution is 2.89. The maximum absolute atomic E-state index is 11.9. The lowest BCUT2D eigenvalue weighted by atomic mass is 9.41. The molecular weight excluding hydrogens is 592 g/mol. The molecule has 7 rings (SSSR count). The van der Waals surface area contributed by atoms with E-state index in [9.17, 15) is 35.7 Å². The van der Waals surface area contributed by atoms with Crippen molar-refractivity contribution < 1.29 is 50.0 Å². The second-order valence-corrected chi connectivity index (χ2v) is 18.4. The predicted molar refractivity (Wildman–Crippen MR) is 167 cm³/mol. The van der Waals surface area contributed by atoms with Gasteiger partial charge in [-0.2, -0.15) is 0 Å². The van der Waals surface area contributed by atoms with Gasteiger partial charge in [0, 0.05) is 17.9 Å². The molecule has 7 aliphatic rings. The van der Waals surface area contributed by atoms with E-state index in [4.69, 9.17) is 14.2 Å². The van der Waals surface area contributed by atoms with E-state index >= 15 is 0 Å². The van der Waals surface area contributed by atoms with Gasteiger partial charge in [0.15, 0.2) is 6.29 Å². The van der Waals surface area contributed by atoms with Crippen molar-refractivity contribution in [1.82, 2.24) is 0 Å². The molecule has 2 aliphatic heterocycles. The Bertz CT molecular complexity index is 1190. The Morgan fingerprint density at radius 3 is 2.11 bits per heavy atom. The lowest BCUT2D eigenvalue weighted by molar-refractivity contribution is -0.326. The Hall–Kier alpha value is -0.400. The third-order valence-corrected chi connectivity index (χ3v) is 15.9. The van der Waals surface area contributed by atoms with Gasteiger partial charge < -0.3 is 50.0 Å². The smallest absolute Gasteiger partial charge is 0.186 e. The number of ether oxygens (including phenoxy) is 3. The van der Waals surface area contributed by atoms with Crippen molar-refractivity contribution in [3.63, 3.8) is 0 Å². The van der Waals surface area contributed by atoms with Crippen molar-refractivity contribution in [2.75, 3.05) is 13.2 Å². The van der Waals surface area contributed by atoms with Crippen molar-refractivity contribution >= 4 is 0 Å². The SMILES string of the molecule is CC(C)(O)C1CCC(C)([C@H]2[C@@H](O)C[C@@]3(C)[C@@H]4CC[C@H]5C(C)(C)[C@@H](O[C@@H]6O[C@H](CO)[C@@H](O)[C@H](O)[C@H]6O)CC[C@@]56C[C@@]46CC[C@]23CO)O1. The highest BCUT2D eigenvalue weighted by Gasteiger charge is 2.84. The minimum Gasteiger partial charge on any atom is -0.396 e. The first-order chi connectivity index (χ1) is 21.4. The molecule has 0 amide bonds. The molecule has 5 saturated carbocycles. The van der Waals surface area contributed by atoms with E-state index in [-0.39, 0.29) is 46.4 Å². The molecule has 16 atom stereocenters. The first kappa shape index (κ1) is 34.1. The van der Waals surface area contributed by atoms with E-state index in [1.165, 1.54) is 0 Å². The molecule has 2 heterocycles. The quantitative estimate of drug-likeness (QED) is 0.211. The summed E-state index contributed by atoms with van der Waals surface area (Å²) in [5.74, 6) is 0.562. The zero-order chi connectivity index (χ0) is 33.5. The molecule has 0 aromatic carbocycles. The van der Waals surface area contributed by atoms with Crippen LogP contribution in [0.15, 0.2) is 0 Å². The van der Waals surface area contributed by atoms with Crippen LogP contribution in [-0.2, 0) is 14.2 Å². The second kappa shape index (κ2) is 10.6. The fourth-order valence-corrected chi connectivity index (χ4v) is 13.7. The van der Waals surface area contributed by atoms with Gasteiger partial charge >= 0.3 is 0 Å². The summed E-state index contributed by atoms with van der Waals surface area (Å²) in [5, 5.41) is 75.1. The maximum atomic E-state index is 11.9. The van der Waals surface area contributed by atoms with E-state index < -0.39 is 60.0 Å².